The summed E-state index contributed by atoms with van der Waals surface area (Å²) in [5, 5.41) is 0.830. The summed E-state index contributed by atoms with van der Waals surface area (Å²) in [5.41, 5.74) is 2.53. The molecule has 0 atom stereocenters. The minimum atomic E-state index is -0.472. The highest BCUT2D eigenvalue weighted by atomic mass is 16.2. The maximum atomic E-state index is 11.5. The van der Waals surface area contributed by atoms with Crippen LogP contribution >= 0.6 is 0 Å². The molecule has 1 aliphatic heterocycles. The van der Waals surface area contributed by atoms with Crippen molar-refractivity contribution in [1.29, 1.82) is 0 Å². The third-order valence-electron chi connectivity index (χ3n) is 3.51. The zero-order valence-electron chi connectivity index (χ0n) is 9.98. The first-order valence-electron chi connectivity index (χ1n) is 6.16. The molecule has 0 spiro atoms. The van der Waals surface area contributed by atoms with Gasteiger partial charge in [0.1, 0.15) is 0 Å². The Hall–Kier alpha value is -2.10. The second-order valence-corrected chi connectivity index (χ2v) is 4.58. The number of Topliss-reactive ketones (excluding diaryl/α,β-unsaturated/α-hetero) is 1. The maximum absolute atomic E-state index is 11.5. The van der Waals surface area contributed by atoms with Gasteiger partial charge in [0, 0.05) is 24.7 Å². The Bertz CT molecular complexity index is 609. The number of nitrogens with zero attached hydrogens (tertiary/aromatic N) is 1. The van der Waals surface area contributed by atoms with Crippen molar-refractivity contribution in [3.8, 4) is 0 Å². The number of benzene rings is 1. The molecular formula is C14H14N2O2. The third-order valence-corrected chi connectivity index (χ3v) is 3.51. The van der Waals surface area contributed by atoms with E-state index < -0.39 is 5.78 Å². The molecule has 1 aromatic heterocycles. The SMILES string of the molecule is O=CC(=O)c1c[nH]c2c(N3CCCC3)cccc12. The zero-order chi connectivity index (χ0) is 12.5. The number of hydrogen-bond acceptors (Lipinski definition) is 3. The fourth-order valence-electron chi connectivity index (χ4n) is 2.63. The number of hydrogen-bond donors (Lipinski definition) is 1. The number of para-hydroxylation sites is 1. The summed E-state index contributed by atoms with van der Waals surface area (Å²) in [6.45, 7) is 2.10. The molecule has 0 bridgehead atoms. The number of aromatic nitrogens is 1. The fraction of sp³-hybridized carbons (Fsp3) is 0.286. The topological polar surface area (TPSA) is 53.2 Å². The van der Waals surface area contributed by atoms with Gasteiger partial charge < -0.3 is 9.88 Å². The van der Waals surface area contributed by atoms with Crippen LogP contribution in [0, 0.1) is 0 Å². The monoisotopic (exact) mass is 242 g/mol. The van der Waals surface area contributed by atoms with E-state index in [0.29, 0.717) is 11.8 Å². The Morgan fingerprint density at radius 2 is 2.06 bits per heavy atom. The van der Waals surface area contributed by atoms with Gasteiger partial charge in [-0.15, -0.1) is 0 Å². The molecule has 92 valence electrons. The van der Waals surface area contributed by atoms with Crippen LogP contribution in [0.4, 0.5) is 5.69 Å². The fourth-order valence-corrected chi connectivity index (χ4v) is 2.63. The highest BCUT2D eigenvalue weighted by Gasteiger charge is 2.18. The van der Waals surface area contributed by atoms with Crippen LogP contribution in [0.1, 0.15) is 23.2 Å². The van der Waals surface area contributed by atoms with E-state index in [1.807, 2.05) is 12.1 Å². The van der Waals surface area contributed by atoms with E-state index in [9.17, 15) is 9.59 Å². The van der Waals surface area contributed by atoms with Gasteiger partial charge in [-0.05, 0) is 18.9 Å². The molecule has 2 aromatic rings. The van der Waals surface area contributed by atoms with Crippen molar-refractivity contribution in [1.82, 2.24) is 4.98 Å². The molecular weight excluding hydrogens is 228 g/mol. The summed E-state index contributed by atoms with van der Waals surface area (Å²) in [7, 11) is 0. The van der Waals surface area contributed by atoms with Crippen LogP contribution in [-0.2, 0) is 4.79 Å². The predicted octanol–water partition coefficient (Wildman–Crippen LogP) is 2.15. The molecule has 0 amide bonds. The predicted molar refractivity (Wildman–Crippen MR) is 70.1 cm³/mol. The molecule has 18 heavy (non-hydrogen) atoms. The smallest absolute Gasteiger partial charge is 0.227 e. The molecule has 1 N–H and O–H groups in total. The normalized spacial score (nSPS) is 15.2. The Balaban J connectivity index is 2.14. The molecule has 3 rings (SSSR count). The standard InChI is InChI=1S/C14H14N2O2/c17-9-13(18)11-8-15-14-10(11)4-3-5-12(14)16-6-1-2-7-16/h3-5,8-9,15H,1-2,6-7H2. The Kier molecular flexibility index (Phi) is 2.63. The molecule has 2 heterocycles. The van der Waals surface area contributed by atoms with E-state index in [1.54, 1.807) is 6.20 Å². The lowest BCUT2D eigenvalue weighted by molar-refractivity contribution is -0.104. The van der Waals surface area contributed by atoms with Gasteiger partial charge in [-0.1, -0.05) is 12.1 Å². The van der Waals surface area contributed by atoms with E-state index in [2.05, 4.69) is 16.0 Å². The highest BCUT2D eigenvalue weighted by molar-refractivity contribution is 6.36. The minimum Gasteiger partial charge on any atom is -0.370 e. The van der Waals surface area contributed by atoms with Crippen molar-refractivity contribution in [2.75, 3.05) is 18.0 Å². The summed E-state index contributed by atoms with van der Waals surface area (Å²) < 4.78 is 0. The Morgan fingerprint density at radius 1 is 1.28 bits per heavy atom. The highest BCUT2D eigenvalue weighted by Crippen LogP contribution is 2.30. The third kappa shape index (κ3) is 1.61. The molecule has 1 fully saturated rings. The number of ketones is 1. The number of aromatic amines is 1. The first-order valence-corrected chi connectivity index (χ1v) is 6.16. The van der Waals surface area contributed by atoms with Crippen LogP contribution in [0.15, 0.2) is 24.4 Å². The molecule has 1 saturated heterocycles. The molecule has 0 saturated carbocycles. The van der Waals surface area contributed by atoms with E-state index in [-0.39, 0.29) is 0 Å². The van der Waals surface area contributed by atoms with Gasteiger partial charge in [0.25, 0.3) is 0 Å². The lowest BCUT2D eigenvalue weighted by Crippen LogP contribution is -2.17. The van der Waals surface area contributed by atoms with Crippen LogP contribution in [-0.4, -0.2) is 30.1 Å². The van der Waals surface area contributed by atoms with E-state index in [1.165, 1.54) is 12.8 Å². The van der Waals surface area contributed by atoms with Gasteiger partial charge >= 0.3 is 0 Å². The number of carbonyl (C=O) groups is 2. The van der Waals surface area contributed by atoms with E-state index in [0.717, 1.165) is 29.7 Å². The van der Waals surface area contributed by atoms with Gasteiger partial charge in [-0.25, -0.2) is 0 Å². The van der Waals surface area contributed by atoms with Crippen LogP contribution < -0.4 is 4.90 Å². The molecule has 0 aliphatic carbocycles. The number of fused-ring (bicyclic) bond motifs is 1. The second-order valence-electron chi connectivity index (χ2n) is 4.58. The number of aldehydes is 1. The molecule has 0 unspecified atom stereocenters. The van der Waals surface area contributed by atoms with Crippen LogP contribution in [0.25, 0.3) is 10.9 Å². The first-order chi connectivity index (χ1) is 8.81. The van der Waals surface area contributed by atoms with Crippen molar-refractivity contribution >= 4 is 28.7 Å². The van der Waals surface area contributed by atoms with Gasteiger partial charge in [0.15, 0.2) is 6.29 Å². The summed E-state index contributed by atoms with van der Waals surface area (Å²) in [6, 6.07) is 5.87. The number of carbonyl (C=O) groups excluding carboxylic acids is 2. The molecule has 4 nitrogen and oxygen atoms in total. The zero-order valence-corrected chi connectivity index (χ0v) is 9.98. The molecule has 1 aliphatic rings. The second kappa shape index (κ2) is 4.29. The van der Waals surface area contributed by atoms with Gasteiger partial charge in [0.2, 0.25) is 5.78 Å². The van der Waals surface area contributed by atoms with Gasteiger partial charge in [0.05, 0.1) is 16.8 Å². The summed E-state index contributed by atoms with van der Waals surface area (Å²) >= 11 is 0. The quantitative estimate of drug-likeness (QED) is 0.509. The van der Waals surface area contributed by atoms with E-state index >= 15 is 0 Å². The average Bonchev–Trinajstić information content (AvgIpc) is 3.06. The van der Waals surface area contributed by atoms with Crippen LogP contribution in [0.5, 0.6) is 0 Å². The van der Waals surface area contributed by atoms with Crippen molar-refractivity contribution in [3.05, 3.63) is 30.0 Å². The summed E-state index contributed by atoms with van der Waals surface area (Å²) in [6.07, 6.45) is 4.40. The average molecular weight is 242 g/mol. The van der Waals surface area contributed by atoms with Crippen molar-refractivity contribution < 1.29 is 9.59 Å². The summed E-state index contributed by atoms with van der Waals surface area (Å²) in [4.78, 5) is 27.6. The molecule has 1 aromatic carbocycles. The molecule has 4 heteroatoms. The minimum absolute atomic E-state index is 0.366. The van der Waals surface area contributed by atoms with E-state index in [4.69, 9.17) is 0 Å². The number of anilines is 1. The number of rotatable bonds is 3. The Morgan fingerprint density at radius 3 is 2.78 bits per heavy atom. The maximum Gasteiger partial charge on any atom is 0.227 e. The molecule has 0 radical (unpaired) electrons. The Labute approximate surface area is 105 Å². The largest absolute Gasteiger partial charge is 0.370 e. The number of H-pyrrole nitrogens is 1. The lowest BCUT2D eigenvalue weighted by Gasteiger charge is -2.18. The van der Waals surface area contributed by atoms with Crippen molar-refractivity contribution in [3.63, 3.8) is 0 Å². The lowest BCUT2D eigenvalue weighted by atomic mass is 10.1. The van der Waals surface area contributed by atoms with Crippen LogP contribution in [0.3, 0.4) is 0 Å². The summed E-state index contributed by atoms with van der Waals surface area (Å²) in [5.74, 6) is -0.472. The number of nitrogens with one attached hydrogen (secondary N) is 1. The van der Waals surface area contributed by atoms with Crippen LogP contribution in [0.2, 0.25) is 0 Å². The van der Waals surface area contributed by atoms with Crippen molar-refractivity contribution in [2.24, 2.45) is 0 Å². The van der Waals surface area contributed by atoms with Gasteiger partial charge in [-0.2, -0.15) is 0 Å². The first kappa shape index (κ1) is 11.0. The van der Waals surface area contributed by atoms with Gasteiger partial charge in [-0.3, -0.25) is 9.59 Å². The van der Waals surface area contributed by atoms with Crippen molar-refractivity contribution in [2.45, 2.75) is 12.8 Å².